The van der Waals surface area contributed by atoms with Crippen molar-refractivity contribution in [3.8, 4) is 0 Å². The highest BCUT2D eigenvalue weighted by Crippen LogP contribution is 2.20. The molecule has 3 aromatic heterocycles. The number of pyridine rings is 1. The molecule has 0 aliphatic carbocycles. The van der Waals surface area contributed by atoms with Gasteiger partial charge in [0, 0.05) is 25.7 Å². The number of aromatic nitrogens is 3. The molecule has 26 heavy (non-hydrogen) atoms. The third-order valence-electron chi connectivity index (χ3n) is 3.97. The van der Waals surface area contributed by atoms with Gasteiger partial charge in [0.2, 0.25) is 0 Å². The highest BCUT2D eigenvalue weighted by Gasteiger charge is 2.26. The molecule has 138 valence electrons. The summed E-state index contributed by atoms with van der Waals surface area (Å²) in [6.07, 6.45) is 4.19. The largest absolute Gasteiger partial charge is 0.466 e. The van der Waals surface area contributed by atoms with Gasteiger partial charge in [-0.2, -0.15) is 0 Å². The van der Waals surface area contributed by atoms with Crippen LogP contribution >= 0.6 is 0 Å². The number of aliphatic hydroxyl groups is 1. The van der Waals surface area contributed by atoms with Crippen LogP contribution in [-0.4, -0.2) is 45.3 Å². The number of hydrogen-bond acceptors (Lipinski definition) is 5. The Labute approximate surface area is 152 Å². The van der Waals surface area contributed by atoms with Crippen molar-refractivity contribution < 1.29 is 9.52 Å². The number of aliphatic imine (C=N–C) groups is 1. The van der Waals surface area contributed by atoms with Crippen LogP contribution in [0.4, 0.5) is 0 Å². The first-order chi connectivity index (χ1) is 12.6. The van der Waals surface area contributed by atoms with Gasteiger partial charge in [0.15, 0.2) is 11.6 Å². The third kappa shape index (κ3) is 4.20. The molecule has 3 aromatic rings. The molecule has 0 radical (unpaired) electrons. The van der Waals surface area contributed by atoms with Gasteiger partial charge < -0.3 is 20.2 Å². The second-order valence-corrected chi connectivity index (χ2v) is 6.17. The maximum absolute atomic E-state index is 10.5. The molecule has 0 bridgehead atoms. The molecule has 0 aliphatic rings. The zero-order chi connectivity index (χ0) is 18.4. The maximum atomic E-state index is 10.5. The summed E-state index contributed by atoms with van der Waals surface area (Å²) in [5, 5.41) is 25.3. The van der Waals surface area contributed by atoms with Crippen LogP contribution in [0.3, 0.4) is 0 Å². The number of furan rings is 1. The summed E-state index contributed by atoms with van der Waals surface area (Å²) in [4.78, 5) is 4.46. The van der Waals surface area contributed by atoms with Crippen molar-refractivity contribution in [2.45, 2.75) is 25.9 Å². The average Bonchev–Trinajstić information content (AvgIpc) is 3.30. The quantitative estimate of drug-likeness (QED) is 0.436. The summed E-state index contributed by atoms with van der Waals surface area (Å²) in [6, 6.07) is 9.31. The van der Waals surface area contributed by atoms with Gasteiger partial charge in [0.05, 0.1) is 12.8 Å². The second kappa shape index (κ2) is 8.01. The lowest BCUT2D eigenvalue weighted by Crippen LogP contribution is -2.39. The van der Waals surface area contributed by atoms with Crippen molar-refractivity contribution in [2.75, 3.05) is 19.6 Å². The van der Waals surface area contributed by atoms with E-state index in [-0.39, 0.29) is 6.54 Å². The Morgan fingerprint density at radius 3 is 2.92 bits per heavy atom. The lowest BCUT2D eigenvalue weighted by atomic mass is 10.0. The van der Waals surface area contributed by atoms with Gasteiger partial charge in [-0.05, 0) is 38.1 Å². The van der Waals surface area contributed by atoms with Crippen molar-refractivity contribution >= 4 is 11.6 Å². The summed E-state index contributed by atoms with van der Waals surface area (Å²) in [5.74, 6) is 2.01. The summed E-state index contributed by atoms with van der Waals surface area (Å²) >= 11 is 0. The first-order valence-corrected chi connectivity index (χ1v) is 8.67. The molecule has 0 saturated carbocycles. The van der Waals surface area contributed by atoms with Crippen LogP contribution in [0.1, 0.15) is 25.4 Å². The number of rotatable bonds is 7. The number of nitrogens with one attached hydrogen (secondary N) is 2. The van der Waals surface area contributed by atoms with Crippen molar-refractivity contribution in [1.82, 2.24) is 25.2 Å². The summed E-state index contributed by atoms with van der Waals surface area (Å²) in [7, 11) is 0. The van der Waals surface area contributed by atoms with Gasteiger partial charge in [-0.25, -0.2) is 4.99 Å². The van der Waals surface area contributed by atoms with E-state index in [2.05, 4.69) is 25.8 Å². The molecule has 0 saturated heterocycles. The van der Waals surface area contributed by atoms with Crippen LogP contribution < -0.4 is 10.6 Å². The molecule has 1 unspecified atom stereocenters. The fourth-order valence-electron chi connectivity index (χ4n) is 2.59. The van der Waals surface area contributed by atoms with E-state index in [9.17, 15) is 5.11 Å². The zero-order valence-electron chi connectivity index (χ0n) is 15.0. The van der Waals surface area contributed by atoms with E-state index >= 15 is 0 Å². The highest BCUT2D eigenvalue weighted by molar-refractivity contribution is 5.79. The second-order valence-electron chi connectivity index (χ2n) is 6.17. The Kier molecular flexibility index (Phi) is 5.52. The Bertz CT molecular complexity index is 854. The molecule has 3 rings (SSSR count). The van der Waals surface area contributed by atoms with Gasteiger partial charge in [-0.3, -0.25) is 4.40 Å². The minimum Gasteiger partial charge on any atom is -0.466 e. The predicted octanol–water partition coefficient (Wildman–Crippen LogP) is 1.33. The smallest absolute Gasteiger partial charge is 0.191 e. The van der Waals surface area contributed by atoms with Gasteiger partial charge in [0.1, 0.15) is 17.2 Å². The van der Waals surface area contributed by atoms with E-state index in [1.54, 1.807) is 25.3 Å². The van der Waals surface area contributed by atoms with Crippen LogP contribution in [0.25, 0.3) is 5.65 Å². The Morgan fingerprint density at radius 1 is 1.27 bits per heavy atom. The number of guanidine groups is 1. The van der Waals surface area contributed by atoms with Crippen molar-refractivity contribution in [1.29, 1.82) is 0 Å². The summed E-state index contributed by atoms with van der Waals surface area (Å²) in [5.41, 5.74) is -0.327. The molecule has 0 amide bonds. The lowest BCUT2D eigenvalue weighted by molar-refractivity contribution is 0.0437. The first-order valence-electron chi connectivity index (χ1n) is 8.67. The summed E-state index contributed by atoms with van der Waals surface area (Å²) in [6.45, 7) is 5.23. The monoisotopic (exact) mass is 356 g/mol. The van der Waals surface area contributed by atoms with Crippen molar-refractivity contribution in [3.05, 3.63) is 54.4 Å². The van der Waals surface area contributed by atoms with Gasteiger partial charge in [-0.1, -0.05) is 6.07 Å². The Balaban J connectivity index is 1.59. The third-order valence-corrected chi connectivity index (χ3v) is 3.97. The molecule has 1 atom stereocenters. The Morgan fingerprint density at radius 2 is 2.15 bits per heavy atom. The normalized spacial score (nSPS) is 14.3. The van der Waals surface area contributed by atoms with Crippen LogP contribution in [0, 0.1) is 0 Å². The van der Waals surface area contributed by atoms with E-state index in [1.807, 2.05) is 35.7 Å². The number of nitrogens with zero attached hydrogens (tertiary/aromatic N) is 4. The number of fused-ring (bicyclic) bond motifs is 1. The van der Waals surface area contributed by atoms with Crippen LogP contribution in [0.15, 0.2) is 52.2 Å². The minimum atomic E-state index is -1.16. The molecule has 3 heterocycles. The van der Waals surface area contributed by atoms with Gasteiger partial charge >= 0.3 is 0 Å². The highest BCUT2D eigenvalue weighted by atomic mass is 16.4. The fraction of sp³-hybridized carbons (Fsp3) is 0.389. The van der Waals surface area contributed by atoms with Crippen LogP contribution in [-0.2, 0) is 12.0 Å². The molecule has 8 heteroatoms. The van der Waals surface area contributed by atoms with Crippen LogP contribution in [0.2, 0.25) is 0 Å². The molecular weight excluding hydrogens is 332 g/mol. The minimum absolute atomic E-state index is 0.184. The van der Waals surface area contributed by atoms with E-state index < -0.39 is 5.60 Å². The fourth-order valence-corrected chi connectivity index (χ4v) is 2.59. The van der Waals surface area contributed by atoms with Crippen molar-refractivity contribution in [3.63, 3.8) is 0 Å². The van der Waals surface area contributed by atoms with E-state index in [4.69, 9.17) is 4.42 Å². The molecule has 8 nitrogen and oxygen atoms in total. The Hall–Kier alpha value is -2.87. The molecule has 3 N–H and O–H groups in total. The lowest BCUT2D eigenvalue weighted by Gasteiger charge is -2.19. The van der Waals surface area contributed by atoms with E-state index in [0.717, 1.165) is 18.0 Å². The topological polar surface area (TPSA) is 100.0 Å². The van der Waals surface area contributed by atoms with E-state index in [0.29, 0.717) is 24.7 Å². The van der Waals surface area contributed by atoms with Crippen LogP contribution in [0.5, 0.6) is 0 Å². The average molecular weight is 356 g/mol. The SMILES string of the molecule is CCNC(=NCC(C)(O)c1ccco1)NCCc1nnc2ccccn12. The molecule has 0 spiro atoms. The molecule has 0 aromatic carbocycles. The first kappa shape index (κ1) is 17.9. The molecule has 0 fully saturated rings. The summed E-state index contributed by atoms with van der Waals surface area (Å²) < 4.78 is 7.25. The van der Waals surface area contributed by atoms with Gasteiger partial charge in [-0.15, -0.1) is 10.2 Å². The van der Waals surface area contributed by atoms with Gasteiger partial charge in [0.25, 0.3) is 0 Å². The molecular formula is C18H24N6O2. The number of hydrogen-bond donors (Lipinski definition) is 3. The van der Waals surface area contributed by atoms with E-state index in [1.165, 1.54) is 0 Å². The zero-order valence-corrected chi connectivity index (χ0v) is 15.0. The maximum Gasteiger partial charge on any atom is 0.191 e. The molecule has 0 aliphatic heterocycles. The predicted molar refractivity (Wildman–Crippen MR) is 99.0 cm³/mol. The van der Waals surface area contributed by atoms with Crippen molar-refractivity contribution in [2.24, 2.45) is 4.99 Å². The standard InChI is InChI=1S/C18H24N6O2/c1-3-19-17(21-13-18(2,25)14-7-6-12-26-14)20-10-9-16-23-22-15-8-4-5-11-24(15)16/h4-8,11-12,25H,3,9-10,13H2,1-2H3,(H2,19,20,21).